The maximum Gasteiger partial charge on any atom is 0.119 e. The number of likely N-dealkylation sites (N-methyl/N-ethyl adjacent to an activating group) is 1. The van der Waals surface area contributed by atoms with Gasteiger partial charge in [-0.25, -0.2) is 0 Å². The van der Waals surface area contributed by atoms with E-state index in [1.807, 2.05) is 0 Å². The Bertz CT molecular complexity index is 402. The zero-order valence-electron chi connectivity index (χ0n) is 12.5. The highest BCUT2D eigenvalue weighted by Gasteiger charge is 2.16. The molecular formula is C17H27NO. The van der Waals surface area contributed by atoms with Crippen LogP contribution in [-0.2, 0) is 12.8 Å². The summed E-state index contributed by atoms with van der Waals surface area (Å²) >= 11 is 0. The molecule has 1 aromatic carbocycles. The highest BCUT2D eigenvalue weighted by atomic mass is 16.5. The van der Waals surface area contributed by atoms with E-state index in [4.69, 9.17) is 4.74 Å². The van der Waals surface area contributed by atoms with Gasteiger partial charge in [0.05, 0.1) is 0 Å². The van der Waals surface area contributed by atoms with Crippen LogP contribution in [0, 0.1) is 5.92 Å². The van der Waals surface area contributed by atoms with Crippen molar-refractivity contribution in [1.82, 2.24) is 5.32 Å². The quantitative estimate of drug-likeness (QED) is 0.810. The van der Waals surface area contributed by atoms with Crippen LogP contribution in [0.25, 0.3) is 0 Å². The first-order valence-electron chi connectivity index (χ1n) is 7.72. The first kappa shape index (κ1) is 14.4. The molecule has 2 nitrogen and oxygen atoms in total. The van der Waals surface area contributed by atoms with Gasteiger partial charge in [-0.2, -0.15) is 0 Å². The molecule has 0 fully saturated rings. The van der Waals surface area contributed by atoms with Gasteiger partial charge in [0.25, 0.3) is 0 Å². The minimum atomic E-state index is 0.447. The van der Waals surface area contributed by atoms with Gasteiger partial charge in [-0.3, -0.25) is 0 Å². The van der Waals surface area contributed by atoms with Crippen LogP contribution in [0.3, 0.4) is 0 Å². The second kappa shape index (κ2) is 6.95. The Balaban J connectivity index is 1.93. The molecule has 19 heavy (non-hydrogen) atoms. The van der Waals surface area contributed by atoms with Crippen LogP contribution in [0.5, 0.6) is 5.75 Å². The summed E-state index contributed by atoms with van der Waals surface area (Å²) in [6.07, 6.45) is 4.94. The summed E-state index contributed by atoms with van der Waals surface area (Å²) in [5, 5.41) is 3.53. The van der Waals surface area contributed by atoms with Gasteiger partial charge in [0.15, 0.2) is 0 Å². The molecule has 0 aromatic heterocycles. The van der Waals surface area contributed by atoms with Gasteiger partial charge in [-0.05, 0) is 55.0 Å². The predicted molar refractivity (Wildman–Crippen MR) is 80.9 cm³/mol. The third-order valence-corrected chi connectivity index (χ3v) is 4.30. The molecule has 0 spiro atoms. The van der Waals surface area contributed by atoms with Gasteiger partial charge in [-0.1, -0.05) is 33.3 Å². The summed E-state index contributed by atoms with van der Waals surface area (Å²) in [5.74, 6) is 1.68. The standard InChI is InChI=1S/C17H27NO/c1-4-13(3)17(18-5-2)12-19-16-10-9-14-7-6-8-15(14)11-16/h9-11,13,17-18H,4-8,12H2,1-3H3. The first-order valence-corrected chi connectivity index (χ1v) is 7.72. The van der Waals surface area contributed by atoms with Crippen molar-refractivity contribution in [3.05, 3.63) is 29.3 Å². The number of rotatable bonds is 7. The highest BCUT2D eigenvalue weighted by molar-refractivity contribution is 5.38. The van der Waals surface area contributed by atoms with Crippen molar-refractivity contribution in [2.45, 2.75) is 52.5 Å². The van der Waals surface area contributed by atoms with Crippen LogP contribution in [0.4, 0.5) is 0 Å². The van der Waals surface area contributed by atoms with Gasteiger partial charge in [-0.15, -0.1) is 0 Å². The van der Waals surface area contributed by atoms with Crippen LogP contribution in [0.1, 0.15) is 44.7 Å². The minimum Gasteiger partial charge on any atom is -0.492 e. The Morgan fingerprint density at radius 3 is 2.74 bits per heavy atom. The smallest absolute Gasteiger partial charge is 0.119 e. The molecule has 2 atom stereocenters. The minimum absolute atomic E-state index is 0.447. The molecule has 0 bridgehead atoms. The van der Waals surface area contributed by atoms with Crippen molar-refractivity contribution >= 4 is 0 Å². The second-order valence-electron chi connectivity index (χ2n) is 5.64. The van der Waals surface area contributed by atoms with E-state index in [0.29, 0.717) is 12.0 Å². The van der Waals surface area contributed by atoms with E-state index in [0.717, 1.165) is 18.9 Å². The topological polar surface area (TPSA) is 21.3 Å². The van der Waals surface area contributed by atoms with Crippen molar-refractivity contribution in [3.63, 3.8) is 0 Å². The van der Waals surface area contributed by atoms with Crippen LogP contribution >= 0.6 is 0 Å². The van der Waals surface area contributed by atoms with Crippen molar-refractivity contribution in [1.29, 1.82) is 0 Å². The largest absolute Gasteiger partial charge is 0.492 e. The molecule has 2 heteroatoms. The van der Waals surface area contributed by atoms with Crippen molar-refractivity contribution < 1.29 is 4.74 Å². The summed E-state index contributed by atoms with van der Waals surface area (Å²) in [6, 6.07) is 7.05. The van der Waals surface area contributed by atoms with E-state index in [-0.39, 0.29) is 0 Å². The number of nitrogens with one attached hydrogen (secondary N) is 1. The predicted octanol–water partition coefficient (Wildman–Crippen LogP) is 3.58. The maximum absolute atomic E-state index is 6.01. The van der Waals surface area contributed by atoms with Gasteiger partial charge in [0, 0.05) is 6.04 Å². The lowest BCUT2D eigenvalue weighted by atomic mass is 10.00. The SMILES string of the molecule is CCNC(COc1ccc2c(c1)CCC2)C(C)CC. The summed E-state index contributed by atoms with van der Waals surface area (Å²) in [7, 11) is 0. The molecule has 0 amide bonds. The van der Waals surface area contributed by atoms with Gasteiger partial charge in [0.2, 0.25) is 0 Å². The van der Waals surface area contributed by atoms with Gasteiger partial charge < -0.3 is 10.1 Å². The van der Waals surface area contributed by atoms with Crippen LogP contribution in [0.2, 0.25) is 0 Å². The Kier molecular flexibility index (Phi) is 5.26. The lowest BCUT2D eigenvalue weighted by Crippen LogP contribution is -2.39. The van der Waals surface area contributed by atoms with Crippen LogP contribution < -0.4 is 10.1 Å². The number of fused-ring (bicyclic) bond motifs is 1. The molecule has 0 saturated heterocycles. The molecule has 1 aliphatic carbocycles. The number of aryl methyl sites for hydroxylation is 2. The fourth-order valence-electron chi connectivity index (χ4n) is 2.80. The Morgan fingerprint density at radius 1 is 1.21 bits per heavy atom. The Morgan fingerprint density at radius 2 is 2.00 bits per heavy atom. The van der Waals surface area contributed by atoms with Crippen molar-refractivity contribution in [2.24, 2.45) is 5.92 Å². The average molecular weight is 261 g/mol. The molecule has 2 unspecified atom stereocenters. The fourth-order valence-corrected chi connectivity index (χ4v) is 2.80. The van der Waals surface area contributed by atoms with E-state index in [1.54, 1.807) is 0 Å². The molecular weight excluding hydrogens is 234 g/mol. The molecule has 0 aliphatic heterocycles. The average Bonchev–Trinajstić information content (AvgIpc) is 2.90. The summed E-state index contributed by atoms with van der Waals surface area (Å²) in [5.41, 5.74) is 3.00. The van der Waals surface area contributed by atoms with Gasteiger partial charge >= 0.3 is 0 Å². The highest BCUT2D eigenvalue weighted by Crippen LogP contribution is 2.26. The third kappa shape index (κ3) is 3.73. The summed E-state index contributed by atoms with van der Waals surface area (Å²) in [4.78, 5) is 0. The lowest BCUT2D eigenvalue weighted by Gasteiger charge is -2.24. The lowest BCUT2D eigenvalue weighted by molar-refractivity contribution is 0.222. The number of ether oxygens (including phenoxy) is 1. The number of hydrogen-bond acceptors (Lipinski definition) is 2. The van der Waals surface area contributed by atoms with E-state index < -0.39 is 0 Å². The second-order valence-corrected chi connectivity index (χ2v) is 5.64. The summed E-state index contributed by atoms with van der Waals surface area (Å²) in [6.45, 7) is 8.46. The van der Waals surface area contributed by atoms with Crippen LogP contribution in [-0.4, -0.2) is 19.2 Å². The van der Waals surface area contributed by atoms with Crippen molar-refractivity contribution in [2.75, 3.05) is 13.2 Å². The number of hydrogen-bond donors (Lipinski definition) is 1. The van der Waals surface area contributed by atoms with Gasteiger partial charge in [0.1, 0.15) is 12.4 Å². The fraction of sp³-hybridized carbons (Fsp3) is 0.647. The van der Waals surface area contributed by atoms with Crippen LogP contribution in [0.15, 0.2) is 18.2 Å². The normalized spacial score (nSPS) is 17.0. The number of benzene rings is 1. The van der Waals surface area contributed by atoms with E-state index >= 15 is 0 Å². The summed E-state index contributed by atoms with van der Waals surface area (Å²) < 4.78 is 6.01. The molecule has 1 aromatic rings. The van der Waals surface area contributed by atoms with E-state index in [1.165, 1.54) is 36.8 Å². The van der Waals surface area contributed by atoms with Crippen molar-refractivity contribution in [3.8, 4) is 5.75 Å². The molecule has 2 rings (SSSR count). The zero-order chi connectivity index (χ0) is 13.7. The van der Waals surface area contributed by atoms with E-state index in [2.05, 4.69) is 44.3 Å². The molecule has 0 radical (unpaired) electrons. The zero-order valence-corrected chi connectivity index (χ0v) is 12.5. The first-order chi connectivity index (χ1) is 9.24. The molecule has 1 aliphatic rings. The van der Waals surface area contributed by atoms with E-state index in [9.17, 15) is 0 Å². The third-order valence-electron chi connectivity index (χ3n) is 4.30. The maximum atomic E-state index is 6.01. The molecule has 1 N–H and O–H groups in total. The molecule has 0 saturated carbocycles. The Labute approximate surface area is 117 Å². The molecule has 106 valence electrons. The monoisotopic (exact) mass is 261 g/mol. The Hall–Kier alpha value is -1.02. The molecule has 0 heterocycles.